The molecular formula is C8H14N2. The average Bonchev–Trinajstić information content (AvgIpc) is 1.99. The molecule has 56 valence electrons. The Bertz CT molecular complexity index is 166. The molecule has 2 nitrogen and oxygen atoms in total. The lowest BCUT2D eigenvalue weighted by Crippen LogP contribution is -2.00. The maximum Gasteiger partial charge on any atom is 0.0264 e. The summed E-state index contributed by atoms with van der Waals surface area (Å²) in [5.41, 5.74) is 7.14. The molecule has 10 heavy (non-hydrogen) atoms. The van der Waals surface area contributed by atoms with E-state index in [1.165, 1.54) is 0 Å². The van der Waals surface area contributed by atoms with Crippen LogP contribution in [0.1, 0.15) is 6.92 Å². The Balaban J connectivity index is 3.88. The van der Waals surface area contributed by atoms with Crippen LogP contribution < -0.4 is 11.1 Å². The predicted molar refractivity (Wildman–Crippen MR) is 45.3 cm³/mol. The Morgan fingerprint density at radius 3 is 2.50 bits per heavy atom. The molecule has 0 aromatic heterocycles. The standard InChI is InChI=1S/C8H14N2/c1-7(6-9)4-5-8(2)10-3/h4-6,10H,2,9H2,1,3H3/b5-4-,7-6-. The lowest BCUT2D eigenvalue weighted by atomic mass is 10.3. The Morgan fingerprint density at radius 1 is 1.50 bits per heavy atom. The van der Waals surface area contributed by atoms with Crippen LogP contribution in [0.2, 0.25) is 0 Å². The number of rotatable bonds is 3. The van der Waals surface area contributed by atoms with Gasteiger partial charge in [0.25, 0.3) is 0 Å². The van der Waals surface area contributed by atoms with E-state index < -0.39 is 0 Å². The van der Waals surface area contributed by atoms with Gasteiger partial charge in [-0.3, -0.25) is 0 Å². The van der Waals surface area contributed by atoms with Gasteiger partial charge in [-0.05, 0) is 24.8 Å². The van der Waals surface area contributed by atoms with Crippen LogP contribution in [0.15, 0.2) is 36.2 Å². The molecule has 0 aliphatic heterocycles. The molecule has 0 bridgehead atoms. The van der Waals surface area contributed by atoms with E-state index in [2.05, 4.69) is 11.9 Å². The lowest BCUT2D eigenvalue weighted by molar-refractivity contribution is 1.04. The minimum absolute atomic E-state index is 0.876. The van der Waals surface area contributed by atoms with Gasteiger partial charge in [-0.1, -0.05) is 12.7 Å². The first-order valence-electron chi connectivity index (χ1n) is 3.14. The molecular weight excluding hydrogens is 124 g/mol. The SMILES string of the molecule is C=C(/C=C\C(C)=C/N)NC. The maximum absolute atomic E-state index is 5.24. The van der Waals surface area contributed by atoms with Gasteiger partial charge >= 0.3 is 0 Å². The molecule has 2 heteroatoms. The van der Waals surface area contributed by atoms with Gasteiger partial charge in [0.1, 0.15) is 0 Å². The first kappa shape index (κ1) is 8.82. The Kier molecular flexibility index (Phi) is 4.12. The summed E-state index contributed by atoms with van der Waals surface area (Å²) in [7, 11) is 1.83. The van der Waals surface area contributed by atoms with E-state index in [1.54, 1.807) is 6.20 Å². The van der Waals surface area contributed by atoms with Crippen LogP contribution in [0.5, 0.6) is 0 Å². The van der Waals surface area contributed by atoms with E-state index in [9.17, 15) is 0 Å². The summed E-state index contributed by atoms with van der Waals surface area (Å²) in [6.45, 7) is 5.64. The third kappa shape index (κ3) is 3.78. The molecule has 0 aliphatic carbocycles. The van der Waals surface area contributed by atoms with Crippen LogP contribution in [0.25, 0.3) is 0 Å². The molecule has 0 rings (SSSR count). The molecule has 0 aliphatic rings. The molecule has 0 amide bonds. The second-order valence-corrected chi connectivity index (χ2v) is 2.02. The molecule has 0 saturated carbocycles. The van der Waals surface area contributed by atoms with Crippen molar-refractivity contribution >= 4 is 0 Å². The van der Waals surface area contributed by atoms with Crippen molar-refractivity contribution in [3.8, 4) is 0 Å². The minimum Gasteiger partial charge on any atom is -0.404 e. The summed E-state index contributed by atoms with van der Waals surface area (Å²) in [6, 6.07) is 0. The maximum atomic E-state index is 5.24. The number of hydrogen-bond donors (Lipinski definition) is 2. The smallest absolute Gasteiger partial charge is 0.0264 e. The molecule has 0 heterocycles. The van der Waals surface area contributed by atoms with Crippen molar-refractivity contribution in [2.45, 2.75) is 6.92 Å². The van der Waals surface area contributed by atoms with Crippen LogP contribution >= 0.6 is 0 Å². The molecule has 0 radical (unpaired) electrons. The molecule has 0 fully saturated rings. The summed E-state index contributed by atoms with van der Waals surface area (Å²) in [5, 5.41) is 2.90. The normalized spacial score (nSPS) is 12.0. The number of allylic oxidation sites excluding steroid dienone is 3. The van der Waals surface area contributed by atoms with Crippen LogP contribution in [0, 0.1) is 0 Å². The zero-order valence-corrected chi connectivity index (χ0v) is 6.52. The third-order valence-corrected chi connectivity index (χ3v) is 1.13. The van der Waals surface area contributed by atoms with Gasteiger partial charge < -0.3 is 11.1 Å². The van der Waals surface area contributed by atoms with Crippen molar-refractivity contribution in [3.05, 3.63) is 36.2 Å². The Hall–Kier alpha value is -1.18. The van der Waals surface area contributed by atoms with Crippen molar-refractivity contribution in [2.24, 2.45) is 5.73 Å². The highest BCUT2D eigenvalue weighted by Crippen LogP contribution is 1.93. The molecule has 0 aromatic rings. The van der Waals surface area contributed by atoms with Gasteiger partial charge in [0.2, 0.25) is 0 Å². The summed E-state index contributed by atoms with van der Waals surface area (Å²) in [5.74, 6) is 0. The topological polar surface area (TPSA) is 38.0 Å². The van der Waals surface area contributed by atoms with Crippen molar-refractivity contribution < 1.29 is 0 Å². The second kappa shape index (κ2) is 4.68. The number of hydrogen-bond acceptors (Lipinski definition) is 2. The summed E-state index contributed by atoms with van der Waals surface area (Å²) >= 11 is 0. The number of nitrogens with two attached hydrogens (primary N) is 1. The second-order valence-electron chi connectivity index (χ2n) is 2.02. The summed E-state index contributed by atoms with van der Waals surface area (Å²) in [6.07, 6.45) is 5.33. The zero-order chi connectivity index (χ0) is 7.98. The fourth-order valence-electron chi connectivity index (χ4n) is 0.371. The quantitative estimate of drug-likeness (QED) is 0.574. The fraction of sp³-hybridized carbons (Fsp3) is 0.250. The highest BCUT2D eigenvalue weighted by atomic mass is 14.8. The molecule has 0 unspecified atom stereocenters. The van der Waals surface area contributed by atoms with Crippen molar-refractivity contribution in [3.63, 3.8) is 0 Å². The lowest BCUT2D eigenvalue weighted by Gasteiger charge is -1.94. The third-order valence-electron chi connectivity index (χ3n) is 1.13. The number of nitrogens with one attached hydrogen (secondary N) is 1. The van der Waals surface area contributed by atoms with E-state index in [4.69, 9.17) is 5.73 Å². The van der Waals surface area contributed by atoms with E-state index in [0.29, 0.717) is 0 Å². The minimum atomic E-state index is 0.876. The van der Waals surface area contributed by atoms with Gasteiger partial charge in [0.05, 0.1) is 0 Å². The van der Waals surface area contributed by atoms with Crippen molar-refractivity contribution in [1.29, 1.82) is 0 Å². The Labute approximate surface area is 62.1 Å². The van der Waals surface area contributed by atoms with Gasteiger partial charge in [-0.2, -0.15) is 0 Å². The van der Waals surface area contributed by atoms with E-state index in [1.807, 2.05) is 26.1 Å². The average molecular weight is 138 g/mol. The van der Waals surface area contributed by atoms with E-state index in [-0.39, 0.29) is 0 Å². The first-order chi connectivity index (χ1) is 4.70. The summed E-state index contributed by atoms with van der Waals surface area (Å²) < 4.78 is 0. The molecule has 0 atom stereocenters. The highest BCUT2D eigenvalue weighted by molar-refractivity contribution is 5.22. The van der Waals surface area contributed by atoms with Gasteiger partial charge in [0, 0.05) is 12.7 Å². The van der Waals surface area contributed by atoms with Gasteiger partial charge in [0.15, 0.2) is 0 Å². The predicted octanol–water partition coefficient (Wildman–Crippen LogP) is 1.14. The van der Waals surface area contributed by atoms with Gasteiger partial charge in [-0.25, -0.2) is 0 Å². The zero-order valence-electron chi connectivity index (χ0n) is 6.52. The fourth-order valence-corrected chi connectivity index (χ4v) is 0.371. The van der Waals surface area contributed by atoms with Crippen LogP contribution in [-0.2, 0) is 0 Å². The summed E-state index contributed by atoms with van der Waals surface area (Å²) in [4.78, 5) is 0. The largest absolute Gasteiger partial charge is 0.404 e. The van der Waals surface area contributed by atoms with Crippen molar-refractivity contribution in [1.82, 2.24) is 5.32 Å². The van der Waals surface area contributed by atoms with E-state index in [0.717, 1.165) is 11.3 Å². The molecule has 0 aromatic carbocycles. The van der Waals surface area contributed by atoms with Crippen LogP contribution in [0.4, 0.5) is 0 Å². The van der Waals surface area contributed by atoms with Crippen LogP contribution in [0.3, 0.4) is 0 Å². The van der Waals surface area contributed by atoms with Gasteiger partial charge in [-0.15, -0.1) is 0 Å². The van der Waals surface area contributed by atoms with E-state index >= 15 is 0 Å². The number of likely N-dealkylation sites (N-methyl/N-ethyl adjacent to an activating group) is 1. The Morgan fingerprint density at radius 2 is 2.10 bits per heavy atom. The monoisotopic (exact) mass is 138 g/mol. The molecule has 3 N–H and O–H groups in total. The molecule has 0 spiro atoms. The van der Waals surface area contributed by atoms with Crippen molar-refractivity contribution in [2.75, 3.05) is 7.05 Å². The highest BCUT2D eigenvalue weighted by Gasteiger charge is 1.79. The van der Waals surface area contributed by atoms with Crippen LogP contribution in [-0.4, -0.2) is 7.05 Å². The first-order valence-corrected chi connectivity index (χ1v) is 3.14. The molecule has 0 saturated heterocycles.